The first-order valence-corrected chi connectivity index (χ1v) is 9.52. The standard InChI is InChI=1S/C19H23N3O2S/c1-2-22-10-4-8-16(22)13-20-18(23)14-6-3-7-15(12-14)21-19(24)17-9-5-11-25-17/h3,5-7,9,11-12,16H,2,4,8,10,13H2,1H3,(H,20,23)(H,21,24). The van der Waals surface area contributed by atoms with E-state index in [4.69, 9.17) is 0 Å². The molecule has 0 bridgehead atoms. The highest BCUT2D eigenvalue weighted by atomic mass is 32.1. The predicted molar refractivity (Wildman–Crippen MR) is 101 cm³/mol. The summed E-state index contributed by atoms with van der Waals surface area (Å²) in [5.41, 5.74) is 1.19. The van der Waals surface area contributed by atoms with E-state index in [-0.39, 0.29) is 11.8 Å². The van der Waals surface area contributed by atoms with Crippen LogP contribution in [0.2, 0.25) is 0 Å². The van der Waals surface area contributed by atoms with Gasteiger partial charge in [-0.25, -0.2) is 0 Å². The van der Waals surface area contributed by atoms with Crippen LogP contribution in [0.3, 0.4) is 0 Å². The fraction of sp³-hybridized carbons (Fsp3) is 0.368. The molecule has 2 aromatic rings. The van der Waals surface area contributed by atoms with Gasteiger partial charge in [-0.2, -0.15) is 0 Å². The highest BCUT2D eigenvalue weighted by Gasteiger charge is 2.23. The second kappa shape index (κ2) is 8.27. The fourth-order valence-corrected chi connectivity index (χ4v) is 3.81. The SMILES string of the molecule is CCN1CCCC1CNC(=O)c1cccc(NC(=O)c2cccs2)c1. The number of carbonyl (C=O) groups is 2. The first kappa shape index (κ1) is 17.6. The van der Waals surface area contributed by atoms with Crippen molar-refractivity contribution in [2.24, 2.45) is 0 Å². The Hall–Kier alpha value is -2.18. The molecule has 1 aromatic heterocycles. The number of carbonyl (C=O) groups excluding carboxylic acids is 2. The topological polar surface area (TPSA) is 61.4 Å². The molecule has 1 aliphatic rings. The second-order valence-corrected chi connectivity index (χ2v) is 7.09. The van der Waals surface area contributed by atoms with Crippen molar-refractivity contribution in [2.75, 3.05) is 25.0 Å². The summed E-state index contributed by atoms with van der Waals surface area (Å²) in [6, 6.07) is 11.1. The lowest BCUT2D eigenvalue weighted by molar-refractivity contribution is 0.0940. The molecule has 132 valence electrons. The van der Waals surface area contributed by atoms with Gasteiger partial charge in [0.05, 0.1) is 4.88 Å². The van der Waals surface area contributed by atoms with E-state index in [1.807, 2.05) is 11.4 Å². The van der Waals surface area contributed by atoms with E-state index in [0.29, 0.717) is 28.7 Å². The number of nitrogens with zero attached hydrogens (tertiary/aromatic N) is 1. The number of nitrogens with one attached hydrogen (secondary N) is 2. The van der Waals surface area contributed by atoms with Gasteiger partial charge in [-0.1, -0.05) is 19.1 Å². The van der Waals surface area contributed by atoms with Crippen molar-refractivity contribution in [1.29, 1.82) is 0 Å². The molecular formula is C19H23N3O2S. The van der Waals surface area contributed by atoms with Gasteiger partial charge in [-0.05, 0) is 55.6 Å². The number of benzene rings is 1. The van der Waals surface area contributed by atoms with E-state index in [2.05, 4.69) is 22.5 Å². The molecule has 0 radical (unpaired) electrons. The number of likely N-dealkylation sites (N-methyl/N-ethyl adjacent to an activating group) is 1. The third kappa shape index (κ3) is 4.46. The van der Waals surface area contributed by atoms with E-state index < -0.39 is 0 Å². The fourth-order valence-electron chi connectivity index (χ4n) is 3.19. The van der Waals surface area contributed by atoms with Gasteiger partial charge in [-0.3, -0.25) is 14.5 Å². The maximum absolute atomic E-state index is 12.4. The lowest BCUT2D eigenvalue weighted by Crippen LogP contribution is -2.40. The van der Waals surface area contributed by atoms with Gasteiger partial charge in [0.2, 0.25) is 0 Å². The van der Waals surface area contributed by atoms with Gasteiger partial charge in [0.1, 0.15) is 0 Å². The third-order valence-electron chi connectivity index (χ3n) is 4.53. The quantitative estimate of drug-likeness (QED) is 0.834. The van der Waals surface area contributed by atoms with Crippen LogP contribution >= 0.6 is 11.3 Å². The summed E-state index contributed by atoms with van der Waals surface area (Å²) in [6.07, 6.45) is 2.32. The molecule has 1 saturated heterocycles. The summed E-state index contributed by atoms with van der Waals surface area (Å²) in [5, 5.41) is 7.72. The molecule has 1 aromatic carbocycles. The molecular weight excluding hydrogens is 334 g/mol. The van der Waals surface area contributed by atoms with Gasteiger partial charge >= 0.3 is 0 Å². The summed E-state index contributed by atoms with van der Waals surface area (Å²) in [7, 11) is 0. The summed E-state index contributed by atoms with van der Waals surface area (Å²) in [6.45, 7) is 4.95. The van der Waals surface area contributed by atoms with Crippen molar-refractivity contribution in [2.45, 2.75) is 25.8 Å². The van der Waals surface area contributed by atoms with Crippen LogP contribution in [-0.2, 0) is 0 Å². The van der Waals surface area contributed by atoms with Crippen molar-refractivity contribution < 1.29 is 9.59 Å². The first-order chi connectivity index (χ1) is 12.2. The summed E-state index contributed by atoms with van der Waals surface area (Å²) in [5.74, 6) is -0.257. The largest absolute Gasteiger partial charge is 0.350 e. The van der Waals surface area contributed by atoms with Crippen molar-refractivity contribution >= 4 is 28.8 Å². The van der Waals surface area contributed by atoms with Gasteiger partial charge in [0, 0.05) is 23.8 Å². The highest BCUT2D eigenvalue weighted by Crippen LogP contribution is 2.17. The van der Waals surface area contributed by atoms with E-state index in [1.54, 1.807) is 30.3 Å². The molecule has 0 saturated carbocycles. The van der Waals surface area contributed by atoms with Crippen molar-refractivity contribution in [1.82, 2.24) is 10.2 Å². The molecule has 3 rings (SSSR count). The van der Waals surface area contributed by atoms with Crippen LogP contribution in [0, 0.1) is 0 Å². The maximum Gasteiger partial charge on any atom is 0.265 e. The number of likely N-dealkylation sites (tertiary alicyclic amines) is 1. The molecule has 25 heavy (non-hydrogen) atoms. The van der Waals surface area contributed by atoms with Crippen molar-refractivity contribution in [3.8, 4) is 0 Å². The Kier molecular flexibility index (Phi) is 5.83. The van der Waals surface area contributed by atoms with Crippen LogP contribution in [0.4, 0.5) is 5.69 Å². The minimum Gasteiger partial charge on any atom is -0.350 e. The monoisotopic (exact) mass is 357 g/mol. The minimum absolute atomic E-state index is 0.102. The zero-order valence-corrected chi connectivity index (χ0v) is 15.1. The Morgan fingerprint density at radius 3 is 2.88 bits per heavy atom. The molecule has 1 atom stereocenters. The third-order valence-corrected chi connectivity index (χ3v) is 5.40. The molecule has 1 aliphatic heterocycles. The Bertz CT molecular complexity index is 730. The smallest absolute Gasteiger partial charge is 0.265 e. The summed E-state index contributed by atoms with van der Waals surface area (Å²) in [4.78, 5) is 27.6. The highest BCUT2D eigenvalue weighted by molar-refractivity contribution is 7.12. The number of rotatable bonds is 6. The van der Waals surface area contributed by atoms with Crippen molar-refractivity contribution in [3.05, 3.63) is 52.2 Å². The van der Waals surface area contributed by atoms with E-state index in [0.717, 1.165) is 19.5 Å². The van der Waals surface area contributed by atoms with Crippen LogP contribution < -0.4 is 10.6 Å². The van der Waals surface area contributed by atoms with Gasteiger partial charge in [0.25, 0.3) is 11.8 Å². The zero-order valence-electron chi connectivity index (χ0n) is 14.3. The minimum atomic E-state index is -0.155. The number of anilines is 1. The van der Waals surface area contributed by atoms with Crippen LogP contribution in [0.1, 0.15) is 39.8 Å². The number of thiophene rings is 1. The van der Waals surface area contributed by atoms with Crippen LogP contribution in [0.5, 0.6) is 0 Å². The first-order valence-electron chi connectivity index (χ1n) is 8.64. The number of hydrogen-bond donors (Lipinski definition) is 2. The molecule has 1 fully saturated rings. The maximum atomic E-state index is 12.4. The average Bonchev–Trinajstić information content (AvgIpc) is 3.31. The molecule has 6 heteroatoms. The molecule has 2 amide bonds. The molecule has 5 nitrogen and oxygen atoms in total. The molecule has 0 spiro atoms. The van der Waals surface area contributed by atoms with Gasteiger partial charge in [-0.15, -0.1) is 11.3 Å². The van der Waals surface area contributed by atoms with E-state index in [1.165, 1.54) is 17.8 Å². The number of hydrogen-bond acceptors (Lipinski definition) is 4. The molecule has 2 heterocycles. The molecule has 2 N–H and O–H groups in total. The zero-order chi connectivity index (χ0) is 17.6. The Balaban J connectivity index is 1.58. The second-order valence-electron chi connectivity index (χ2n) is 6.15. The van der Waals surface area contributed by atoms with Crippen LogP contribution in [0.25, 0.3) is 0 Å². The molecule has 0 aliphatic carbocycles. The van der Waals surface area contributed by atoms with Crippen LogP contribution in [-0.4, -0.2) is 42.4 Å². The normalized spacial score (nSPS) is 17.4. The lowest BCUT2D eigenvalue weighted by atomic mass is 10.1. The van der Waals surface area contributed by atoms with E-state index in [9.17, 15) is 9.59 Å². The Morgan fingerprint density at radius 2 is 2.12 bits per heavy atom. The lowest BCUT2D eigenvalue weighted by Gasteiger charge is -2.22. The summed E-state index contributed by atoms with van der Waals surface area (Å²) < 4.78 is 0. The molecule has 1 unspecified atom stereocenters. The number of amides is 2. The van der Waals surface area contributed by atoms with Gasteiger partial charge in [0.15, 0.2) is 0 Å². The summed E-state index contributed by atoms with van der Waals surface area (Å²) >= 11 is 1.39. The van der Waals surface area contributed by atoms with Crippen LogP contribution in [0.15, 0.2) is 41.8 Å². The average molecular weight is 357 g/mol. The predicted octanol–water partition coefficient (Wildman–Crippen LogP) is 3.21. The van der Waals surface area contributed by atoms with E-state index >= 15 is 0 Å². The Morgan fingerprint density at radius 1 is 1.24 bits per heavy atom. The van der Waals surface area contributed by atoms with Gasteiger partial charge < -0.3 is 10.6 Å². The Labute approximate surface area is 152 Å². The van der Waals surface area contributed by atoms with Crippen molar-refractivity contribution in [3.63, 3.8) is 0 Å².